The van der Waals surface area contributed by atoms with Crippen LogP contribution in [0, 0.1) is 0 Å². The Balaban J connectivity index is 1.37. The number of fused-ring (bicyclic) bond motifs is 1. The van der Waals surface area contributed by atoms with Gasteiger partial charge in [0, 0.05) is 17.0 Å². The molecule has 2 amide bonds. The number of halogens is 2. The molecule has 1 saturated carbocycles. The van der Waals surface area contributed by atoms with E-state index in [4.69, 9.17) is 23.2 Å². The molecule has 0 atom stereocenters. The van der Waals surface area contributed by atoms with Gasteiger partial charge in [0.15, 0.2) is 0 Å². The molecule has 0 radical (unpaired) electrons. The van der Waals surface area contributed by atoms with Gasteiger partial charge in [-0.05, 0) is 66.9 Å². The largest absolute Gasteiger partial charge is 0.380 e. The van der Waals surface area contributed by atoms with Gasteiger partial charge in [0.1, 0.15) is 5.60 Å². The number of hydrogen-bond acceptors (Lipinski definition) is 4. The number of rotatable bonds is 6. The van der Waals surface area contributed by atoms with Crippen LogP contribution >= 0.6 is 23.2 Å². The lowest BCUT2D eigenvalue weighted by atomic mass is 10.1. The van der Waals surface area contributed by atoms with Gasteiger partial charge in [-0.1, -0.05) is 35.3 Å². The van der Waals surface area contributed by atoms with Crippen molar-refractivity contribution in [2.24, 2.45) is 0 Å². The zero-order valence-electron chi connectivity index (χ0n) is 17.9. The lowest BCUT2D eigenvalue weighted by molar-refractivity contribution is -0.131. The maximum atomic E-state index is 13.1. The molecule has 0 unspecified atom stereocenters. The van der Waals surface area contributed by atoms with Crippen LogP contribution < -0.4 is 10.6 Å². The summed E-state index contributed by atoms with van der Waals surface area (Å²) in [7, 11) is 0. The van der Waals surface area contributed by atoms with Crippen LogP contribution in [0.15, 0.2) is 66.9 Å². The highest BCUT2D eigenvalue weighted by Crippen LogP contribution is 2.35. The van der Waals surface area contributed by atoms with E-state index in [1.807, 2.05) is 24.3 Å². The SMILES string of the molecule is O=C(Nc1cccc2c1cnn2-c1ccc(Cl)cc1)c1cc(CNC(=O)C2(O)CC2)ccc1Cl. The van der Waals surface area contributed by atoms with Crippen LogP contribution in [0.4, 0.5) is 5.69 Å². The molecule has 0 bridgehead atoms. The van der Waals surface area contributed by atoms with Gasteiger partial charge < -0.3 is 15.7 Å². The van der Waals surface area contributed by atoms with E-state index in [0.717, 1.165) is 16.6 Å². The van der Waals surface area contributed by atoms with Crippen molar-refractivity contribution >= 4 is 51.6 Å². The minimum atomic E-state index is -1.25. The summed E-state index contributed by atoms with van der Waals surface area (Å²) in [5, 5.41) is 21.7. The van der Waals surface area contributed by atoms with Gasteiger partial charge in [-0.25, -0.2) is 4.68 Å². The molecule has 1 fully saturated rings. The molecule has 1 aliphatic rings. The molecule has 3 aromatic carbocycles. The molecular formula is C25H20Cl2N4O3. The monoisotopic (exact) mass is 494 g/mol. The number of aliphatic hydroxyl groups is 1. The molecule has 1 aliphatic carbocycles. The Morgan fingerprint density at radius 2 is 1.82 bits per heavy atom. The Kier molecular flexibility index (Phi) is 5.77. The Morgan fingerprint density at radius 1 is 1.06 bits per heavy atom. The molecule has 7 nitrogen and oxygen atoms in total. The van der Waals surface area contributed by atoms with Gasteiger partial charge in [-0.3, -0.25) is 9.59 Å². The van der Waals surface area contributed by atoms with Crippen LogP contribution in [0.25, 0.3) is 16.6 Å². The molecule has 0 spiro atoms. The number of carbonyl (C=O) groups excluding carboxylic acids is 2. The van der Waals surface area contributed by atoms with Crippen molar-refractivity contribution in [3.05, 3.63) is 88.0 Å². The Bertz CT molecular complexity index is 1410. The fourth-order valence-electron chi connectivity index (χ4n) is 3.69. The van der Waals surface area contributed by atoms with E-state index in [9.17, 15) is 14.7 Å². The third-order valence-electron chi connectivity index (χ3n) is 5.81. The van der Waals surface area contributed by atoms with Crippen LogP contribution in [0.1, 0.15) is 28.8 Å². The number of anilines is 1. The first-order valence-electron chi connectivity index (χ1n) is 10.7. The number of aromatic nitrogens is 2. The van der Waals surface area contributed by atoms with E-state index in [2.05, 4.69) is 15.7 Å². The van der Waals surface area contributed by atoms with E-state index in [0.29, 0.717) is 29.1 Å². The Labute approximate surface area is 205 Å². The predicted molar refractivity (Wildman–Crippen MR) is 132 cm³/mol. The van der Waals surface area contributed by atoms with Gasteiger partial charge in [-0.2, -0.15) is 5.10 Å². The number of nitrogens with zero attached hydrogens (tertiary/aromatic N) is 2. The van der Waals surface area contributed by atoms with E-state index in [1.165, 1.54) is 0 Å². The fourth-order valence-corrected chi connectivity index (χ4v) is 4.02. The van der Waals surface area contributed by atoms with Crippen LogP contribution in [-0.2, 0) is 11.3 Å². The smallest absolute Gasteiger partial charge is 0.257 e. The molecular weight excluding hydrogens is 475 g/mol. The topological polar surface area (TPSA) is 96.3 Å². The van der Waals surface area contributed by atoms with E-state index < -0.39 is 11.5 Å². The second-order valence-electron chi connectivity index (χ2n) is 8.25. The summed E-state index contributed by atoms with van der Waals surface area (Å²) in [6, 6.07) is 17.8. The minimum Gasteiger partial charge on any atom is -0.380 e. The van der Waals surface area contributed by atoms with Crippen molar-refractivity contribution in [1.82, 2.24) is 15.1 Å². The molecule has 1 aromatic heterocycles. The highest BCUT2D eigenvalue weighted by atomic mass is 35.5. The van der Waals surface area contributed by atoms with Crippen molar-refractivity contribution in [2.45, 2.75) is 25.0 Å². The number of nitrogens with one attached hydrogen (secondary N) is 2. The van der Waals surface area contributed by atoms with Crippen LogP contribution in [0.3, 0.4) is 0 Å². The summed E-state index contributed by atoms with van der Waals surface area (Å²) in [5.41, 5.74) is 1.98. The summed E-state index contributed by atoms with van der Waals surface area (Å²) in [5.74, 6) is -0.788. The van der Waals surface area contributed by atoms with Crippen molar-refractivity contribution in [3.63, 3.8) is 0 Å². The molecule has 4 aromatic rings. The third-order valence-corrected chi connectivity index (χ3v) is 6.39. The molecule has 0 saturated heterocycles. The van der Waals surface area contributed by atoms with Gasteiger partial charge in [-0.15, -0.1) is 0 Å². The van der Waals surface area contributed by atoms with E-state index in [-0.39, 0.29) is 23.0 Å². The zero-order chi connectivity index (χ0) is 23.9. The average molecular weight is 495 g/mol. The van der Waals surface area contributed by atoms with Crippen molar-refractivity contribution in [2.75, 3.05) is 5.32 Å². The molecule has 172 valence electrons. The van der Waals surface area contributed by atoms with E-state index >= 15 is 0 Å². The average Bonchev–Trinajstić information content (AvgIpc) is 3.44. The minimum absolute atomic E-state index is 0.183. The summed E-state index contributed by atoms with van der Waals surface area (Å²) in [6.07, 6.45) is 2.62. The summed E-state index contributed by atoms with van der Waals surface area (Å²) in [4.78, 5) is 25.1. The fraction of sp³-hybridized carbons (Fsp3) is 0.160. The van der Waals surface area contributed by atoms with Gasteiger partial charge >= 0.3 is 0 Å². The summed E-state index contributed by atoms with van der Waals surface area (Å²) >= 11 is 12.3. The number of benzene rings is 3. The number of carbonyl (C=O) groups is 2. The predicted octanol–water partition coefficient (Wildman–Crippen LogP) is 4.73. The van der Waals surface area contributed by atoms with E-state index in [1.54, 1.807) is 47.3 Å². The van der Waals surface area contributed by atoms with Gasteiger partial charge in [0.2, 0.25) is 0 Å². The zero-order valence-corrected chi connectivity index (χ0v) is 19.4. The van der Waals surface area contributed by atoms with Crippen molar-refractivity contribution in [3.8, 4) is 5.69 Å². The maximum Gasteiger partial charge on any atom is 0.257 e. The highest BCUT2D eigenvalue weighted by molar-refractivity contribution is 6.34. The molecule has 0 aliphatic heterocycles. The number of hydrogen-bond donors (Lipinski definition) is 3. The first kappa shape index (κ1) is 22.4. The van der Waals surface area contributed by atoms with Crippen LogP contribution in [0.2, 0.25) is 10.0 Å². The third kappa shape index (κ3) is 4.37. The van der Waals surface area contributed by atoms with Gasteiger partial charge in [0.25, 0.3) is 11.8 Å². The first-order chi connectivity index (χ1) is 16.3. The summed E-state index contributed by atoms with van der Waals surface area (Å²) < 4.78 is 1.77. The summed E-state index contributed by atoms with van der Waals surface area (Å²) in [6.45, 7) is 0.183. The van der Waals surface area contributed by atoms with Crippen molar-refractivity contribution in [1.29, 1.82) is 0 Å². The maximum absolute atomic E-state index is 13.1. The molecule has 1 heterocycles. The number of amides is 2. The lowest BCUT2D eigenvalue weighted by Crippen LogP contribution is -2.35. The lowest BCUT2D eigenvalue weighted by Gasteiger charge is -2.12. The van der Waals surface area contributed by atoms with Gasteiger partial charge in [0.05, 0.1) is 33.7 Å². The normalized spacial score (nSPS) is 14.1. The standard InChI is InChI=1S/C25H20Cl2N4O3/c26-16-5-7-17(8-6-16)31-22-3-1-2-21(19(22)14-29-31)30-23(32)18-12-15(4-9-20(18)27)13-28-24(33)25(34)10-11-25/h1-9,12,14,34H,10-11,13H2,(H,28,33)(H,30,32). The quantitative estimate of drug-likeness (QED) is 0.361. The molecule has 3 N–H and O–H groups in total. The van der Waals surface area contributed by atoms with Crippen LogP contribution in [-0.4, -0.2) is 32.3 Å². The molecule has 34 heavy (non-hydrogen) atoms. The molecule has 9 heteroatoms. The van der Waals surface area contributed by atoms with Crippen molar-refractivity contribution < 1.29 is 14.7 Å². The Hall–Kier alpha value is -3.39. The second-order valence-corrected chi connectivity index (χ2v) is 9.10. The highest BCUT2D eigenvalue weighted by Gasteiger charge is 2.47. The van der Waals surface area contributed by atoms with Crippen LogP contribution in [0.5, 0.6) is 0 Å². The first-order valence-corrected chi connectivity index (χ1v) is 11.4. The Morgan fingerprint density at radius 3 is 2.56 bits per heavy atom. The second kappa shape index (κ2) is 8.76. The molecule has 5 rings (SSSR count).